The zero-order valence-corrected chi connectivity index (χ0v) is 10.6. The molecule has 0 heterocycles. The van der Waals surface area contributed by atoms with Crippen molar-refractivity contribution in [2.75, 3.05) is 24.7 Å². The summed E-state index contributed by atoms with van der Waals surface area (Å²) in [6.45, 7) is 8.17. The number of thioether (sulfide) groups is 1. The molecule has 3 heteroatoms. The minimum atomic E-state index is 0.323. The first-order valence-corrected chi connectivity index (χ1v) is 6.79. The topological polar surface area (TPSA) is 32.3 Å². The van der Waals surface area contributed by atoms with Crippen molar-refractivity contribution in [2.24, 2.45) is 5.92 Å². The lowest BCUT2D eigenvalue weighted by atomic mass is 10.0. The van der Waals surface area contributed by atoms with Crippen LogP contribution in [-0.2, 0) is 0 Å². The van der Waals surface area contributed by atoms with Crippen molar-refractivity contribution in [1.29, 1.82) is 0 Å². The van der Waals surface area contributed by atoms with Gasteiger partial charge in [0.25, 0.3) is 0 Å². The molecule has 0 aliphatic carbocycles. The highest BCUT2D eigenvalue weighted by Gasteiger charge is 2.08. The van der Waals surface area contributed by atoms with E-state index in [1.807, 2.05) is 11.8 Å². The van der Waals surface area contributed by atoms with Gasteiger partial charge >= 0.3 is 0 Å². The van der Waals surface area contributed by atoms with E-state index in [-0.39, 0.29) is 0 Å². The van der Waals surface area contributed by atoms with Gasteiger partial charge in [-0.2, -0.15) is 11.8 Å². The lowest BCUT2D eigenvalue weighted by molar-refractivity contribution is 0.296. The van der Waals surface area contributed by atoms with Crippen molar-refractivity contribution in [2.45, 2.75) is 39.7 Å². The maximum atomic E-state index is 8.59. The van der Waals surface area contributed by atoms with E-state index in [2.05, 4.69) is 26.1 Å². The Hall–Kier alpha value is 0.270. The van der Waals surface area contributed by atoms with E-state index in [1.165, 1.54) is 6.42 Å². The number of hydrogen-bond acceptors (Lipinski definition) is 3. The molecule has 0 aromatic heterocycles. The summed E-state index contributed by atoms with van der Waals surface area (Å²) in [5.41, 5.74) is 0. The highest BCUT2D eigenvalue weighted by atomic mass is 32.2. The average Bonchev–Trinajstić information content (AvgIpc) is 2.16. The molecule has 0 saturated heterocycles. The largest absolute Gasteiger partial charge is 0.396 e. The van der Waals surface area contributed by atoms with E-state index in [0.29, 0.717) is 12.6 Å². The molecule has 1 atom stereocenters. The molecule has 0 aliphatic rings. The second-order valence-corrected chi connectivity index (χ2v) is 5.13. The van der Waals surface area contributed by atoms with Gasteiger partial charge in [-0.3, -0.25) is 0 Å². The molecule has 0 aromatic carbocycles. The molecule has 0 bridgehead atoms. The molecule has 0 aliphatic heterocycles. The van der Waals surface area contributed by atoms with E-state index >= 15 is 0 Å². The summed E-state index contributed by atoms with van der Waals surface area (Å²) in [6.07, 6.45) is 2.13. The maximum absolute atomic E-state index is 8.59. The Kier molecular flexibility index (Phi) is 10.0. The molecule has 1 unspecified atom stereocenters. The maximum Gasteiger partial charge on any atom is 0.0438 e. The quantitative estimate of drug-likeness (QED) is 0.583. The van der Waals surface area contributed by atoms with Crippen molar-refractivity contribution in [1.82, 2.24) is 5.32 Å². The zero-order chi connectivity index (χ0) is 10.8. The Labute approximate surface area is 92.9 Å². The van der Waals surface area contributed by atoms with E-state index in [4.69, 9.17) is 5.11 Å². The minimum Gasteiger partial charge on any atom is -0.396 e. The molecule has 14 heavy (non-hydrogen) atoms. The number of aliphatic hydroxyl groups excluding tert-OH is 1. The molecule has 0 aromatic rings. The van der Waals surface area contributed by atoms with E-state index < -0.39 is 0 Å². The fourth-order valence-electron chi connectivity index (χ4n) is 1.44. The van der Waals surface area contributed by atoms with Crippen LogP contribution < -0.4 is 5.32 Å². The number of nitrogens with one attached hydrogen (secondary N) is 1. The molecule has 0 spiro atoms. The van der Waals surface area contributed by atoms with Crippen LogP contribution in [0, 0.1) is 5.92 Å². The molecule has 0 rings (SSSR count). The van der Waals surface area contributed by atoms with Crippen LogP contribution in [0.4, 0.5) is 0 Å². The smallest absolute Gasteiger partial charge is 0.0438 e. The standard InChI is InChI=1S/C11H25NOS/c1-4-11(10(2)3)12-6-9-14-8-5-7-13/h10-13H,4-9H2,1-3H3. The summed E-state index contributed by atoms with van der Waals surface area (Å²) in [6, 6.07) is 0.661. The van der Waals surface area contributed by atoms with Crippen LogP contribution in [-0.4, -0.2) is 35.8 Å². The minimum absolute atomic E-state index is 0.323. The molecule has 86 valence electrons. The zero-order valence-electron chi connectivity index (χ0n) is 9.75. The SMILES string of the molecule is CCC(NCCSCCCO)C(C)C. The van der Waals surface area contributed by atoms with Crippen LogP contribution in [0.1, 0.15) is 33.6 Å². The van der Waals surface area contributed by atoms with Crippen LogP contribution in [0.15, 0.2) is 0 Å². The fourth-order valence-corrected chi connectivity index (χ4v) is 2.24. The number of hydrogen-bond donors (Lipinski definition) is 2. The van der Waals surface area contributed by atoms with Crippen molar-refractivity contribution < 1.29 is 5.11 Å². The Morgan fingerprint density at radius 1 is 1.29 bits per heavy atom. The highest BCUT2D eigenvalue weighted by molar-refractivity contribution is 7.99. The van der Waals surface area contributed by atoms with Gasteiger partial charge in [0.2, 0.25) is 0 Å². The van der Waals surface area contributed by atoms with Gasteiger partial charge in [-0.15, -0.1) is 0 Å². The highest BCUT2D eigenvalue weighted by Crippen LogP contribution is 2.06. The third-order valence-electron chi connectivity index (χ3n) is 2.34. The summed E-state index contributed by atoms with van der Waals surface area (Å²) < 4.78 is 0. The average molecular weight is 219 g/mol. The van der Waals surface area contributed by atoms with Crippen molar-refractivity contribution in [3.8, 4) is 0 Å². The van der Waals surface area contributed by atoms with Crippen LogP contribution in [0.25, 0.3) is 0 Å². The van der Waals surface area contributed by atoms with Gasteiger partial charge in [-0.1, -0.05) is 20.8 Å². The lowest BCUT2D eigenvalue weighted by Crippen LogP contribution is -2.34. The molecule has 0 fully saturated rings. The molecular formula is C11H25NOS. The van der Waals surface area contributed by atoms with Crippen molar-refractivity contribution >= 4 is 11.8 Å². The Balaban J connectivity index is 3.25. The number of aliphatic hydroxyl groups is 1. The van der Waals surface area contributed by atoms with Gasteiger partial charge in [0.05, 0.1) is 0 Å². The Morgan fingerprint density at radius 2 is 2.00 bits per heavy atom. The number of rotatable bonds is 9. The van der Waals surface area contributed by atoms with Gasteiger partial charge < -0.3 is 10.4 Å². The molecule has 0 radical (unpaired) electrons. The first-order chi connectivity index (χ1) is 6.72. The summed E-state index contributed by atoms with van der Waals surface area (Å²) in [4.78, 5) is 0. The van der Waals surface area contributed by atoms with Gasteiger partial charge in [0, 0.05) is 24.9 Å². The second kappa shape index (κ2) is 9.81. The third kappa shape index (κ3) is 7.65. The van der Waals surface area contributed by atoms with Crippen molar-refractivity contribution in [3.05, 3.63) is 0 Å². The predicted octanol–water partition coefficient (Wildman–Crippen LogP) is 2.13. The van der Waals surface area contributed by atoms with Gasteiger partial charge in [0.1, 0.15) is 0 Å². The van der Waals surface area contributed by atoms with Crippen LogP contribution in [0.2, 0.25) is 0 Å². The fraction of sp³-hybridized carbons (Fsp3) is 1.00. The second-order valence-electron chi connectivity index (χ2n) is 3.90. The first-order valence-electron chi connectivity index (χ1n) is 5.64. The van der Waals surface area contributed by atoms with Crippen LogP contribution in [0.5, 0.6) is 0 Å². The Morgan fingerprint density at radius 3 is 2.50 bits per heavy atom. The molecule has 2 nitrogen and oxygen atoms in total. The predicted molar refractivity (Wildman–Crippen MR) is 65.9 cm³/mol. The Bertz CT molecular complexity index is 120. The molecule has 0 amide bonds. The summed E-state index contributed by atoms with van der Waals surface area (Å²) in [7, 11) is 0. The van der Waals surface area contributed by atoms with Gasteiger partial charge in [-0.25, -0.2) is 0 Å². The van der Waals surface area contributed by atoms with E-state index in [9.17, 15) is 0 Å². The van der Waals surface area contributed by atoms with Crippen LogP contribution in [0.3, 0.4) is 0 Å². The summed E-state index contributed by atoms with van der Waals surface area (Å²) >= 11 is 1.92. The summed E-state index contributed by atoms with van der Waals surface area (Å²) in [5, 5.41) is 12.2. The van der Waals surface area contributed by atoms with Crippen molar-refractivity contribution in [3.63, 3.8) is 0 Å². The van der Waals surface area contributed by atoms with Gasteiger partial charge in [0.15, 0.2) is 0 Å². The molecule has 2 N–H and O–H groups in total. The third-order valence-corrected chi connectivity index (χ3v) is 3.41. The molecule has 0 saturated carbocycles. The first kappa shape index (κ1) is 14.3. The monoisotopic (exact) mass is 219 g/mol. The van der Waals surface area contributed by atoms with Gasteiger partial charge in [-0.05, 0) is 24.5 Å². The van der Waals surface area contributed by atoms with E-state index in [0.717, 1.165) is 30.4 Å². The summed E-state index contributed by atoms with van der Waals surface area (Å²) in [5.74, 6) is 2.96. The van der Waals surface area contributed by atoms with E-state index in [1.54, 1.807) is 0 Å². The molecular weight excluding hydrogens is 194 g/mol. The normalized spacial score (nSPS) is 13.5. The lowest BCUT2D eigenvalue weighted by Gasteiger charge is -2.20. The van der Waals surface area contributed by atoms with Crippen LogP contribution >= 0.6 is 11.8 Å².